The van der Waals surface area contributed by atoms with Crippen LogP contribution >= 0.6 is 23.5 Å². The van der Waals surface area contributed by atoms with Crippen molar-refractivity contribution >= 4 is 40.3 Å². The Balaban J connectivity index is 1.60. The molecule has 156 valence electrons. The van der Waals surface area contributed by atoms with Crippen LogP contribution in [0.1, 0.15) is 32.3 Å². The maximum atomic E-state index is 13.4. The number of rotatable bonds is 7. The van der Waals surface area contributed by atoms with Crippen molar-refractivity contribution in [2.45, 2.75) is 38.0 Å². The van der Waals surface area contributed by atoms with Gasteiger partial charge in [-0.25, -0.2) is 0 Å². The number of amidine groups is 1. The average molecular weight is 438 g/mol. The highest BCUT2D eigenvalue weighted by atomic mass is 32.2. The molecule has 0 atom stereocenters. The number of amides is 1. The Morgan fingerprint density at radius 3 is 2.47 bits per heavy atom. The second-order valence-corrected chi connectivity index (χ2v) is 9.27. The Kier molecular flexibility index (Phi) is 6.85. The molecule has 0 bridgehead atoms. The van der Waals surface area contributed by atoms with Gasteiger partial charge in [-0.3, -0.25) is 14.7 Å². The number of hydrogen-bond donors (Lipinski definition) is 0. The number of hydrogen-bond acceptors (Lipinski definition) is 5. The molecule has 4 rings (SSSR count). The van der Waals surface area contributed by atoms with Gasteiger partial charge in [0.1, 0.15) is 9.93 Å². The maximum absolute atomic E-state index is 13.4. The van der Waals surface area contributed by atoms with Crippen LogP contribution in [0.25, 0.3) is 0 Å². The molecule has 4 nitrogen and oxygen atoms in total. The summed E-state index contributed by atoms with van der Waals surface area (Å²) in [7, 11) is 0. The zero-order valence-electron chi connectivity index (χ0n) is 17.5. The maximum Gasteiger partial charge on any atom is 0.269 e. The van der Waals surface area contributed by atoms with Crippen LogP contribution in [0.3, 0.4) is 0 Å². The molecule has 1 fully saturated rings. The molecule has 0 unspecified atom stereocenters. The van der Waals surface area contributed by atoms with Crippen molar-refractivity contribution in [2.24, 2.45) is 4.99 Å². The van der Waals surface area contributed by atoms with Gasteiger partial charge in [0.25, 0.3) is 5.91 Å². The van der Waals surface area contributed by atoms with Crippen molar-refractivity contribution in [1.82, 2.24) is 4.90 Å². The fourth-order valence-electron chi connectivity index (χ4n) is 3.61. The van der Waals surface area contributed by atoms with Gasteiger partial charge >= 0.3 is 0 Å². The fourth-order valence-corrected chi connectivity index (χ4v) is 6.03. The minimum absolute atomic E-state index is 0.0978. The number of para-hydroxylation sites is 1. The largest absolute Gasteiger partial charge is 0.334 e. The summed E-state index contributed by atoms with van der Waals surface area (Å²) in [5.41, 5.74) is 2.46. The fraction of sp³-hybridized carbons (Fsp3) is 0.333. The predicted octanol–water partition coefficient (Wildman–Crippen LogP) is 5.76. The Morgan fingerprint density at radius 1 is 0.933 bits per heavy atom. The summed E-state index contributed by atoms with van der Waals surface area (Å²) >= 11 is 3.24. The average Bonchev–Trinajstić information content (AvgIpc) is 3.30. The van der Waals surface area contributed by atoms with Crippen molar-refractivity contribution < 1.29 is 4.79 Å². The number of carbonyl (C=O) groups is 1. The number of aliphatic imine (C=N–C) groups is 1. The van der Waals surface area contributed by atoms with E-state index < -0.39 is 0 Å². The molecule has 2 aliphatic heterocycles. The van der Waals surface area contributed by atoms with E-state index >= 15 is 0 Å². The number of anilines is 1. The molecular weight excluding hydrogens is 410 g/mol. The number of nitrogens with zero attached hydrogens (tertiary/aromatic N) is 3. The second kappa shape index (κ2) is 9.75. The molecule has 2 heterocycles. The van der Waals surface area contributed by atoms with Gasteiger partial charge in [0, 0.05) is 24.5 Å². The van der Waals surface area contributed by atoms with Gasteiger partial charge in [0.15, 0.2) is 5.17 Å². The third-order valence-corrected chi connectivity index (χ3v) is 7.62. The minimum atomic E-state index is 0.0978. The molecule has 2 aliphatic rings. The van der Waals surface area contributed by atoms with Gasteiger partial charge in [0.05, 0.1) is 5.69 Å². The molecule has 0 spiro atoms. The Morgan fingerprint density at radius 2 is 1.70 bits per heavy atom. The van der Waals surface area contributed by atoms with Crippen molar-refractivity contribution in [3.05, 3.63) is 70.1 Å². The first kappa shape index (κ1) is 21.1. The third-order valence-electron chi connectivity index (χ3n) is 5.21. The van der Waals surface area contributed by atoms with Crippen molar-refractivity contribution in [1.29, 1.82) is 0 Å². The van der Waals surface area contributed by atoms with Crippen LogP contribution in [0.4, 0.5) is 5.69 Å². The zero-order chi connectivity index (χ0) is 20.9. The topological polar surface area (TPSA) is 35.9 Å². The lowest BCUT2D eigenvalue weighted by Crippen LogP contribution is -2.31. The van der Waals surface area contributed by atoms with Crippen LogP contribution in [0, 0.1) is 0 Å². The molecular formula is C24H27N3OS2. The molecule has 6 heteroatoms. The summed E-state index contributed by atoms with van der Waals surface area (Å²) in [4.78, 5) is 24.4. The lowest BCUT2D eigenvalue weighted by Gasteiger charge is -2.19. The molecule has 0 N–H and O–H groups in total. The summed E-state index contributed by atoms with van der Waals surface area (Å²) in [6, 6.07) is 18.8. The first-order valence-electron chi connectivity index (χ1n) is 10.6. The monoisotopic (exact) mass is 437 g/mol. The second-order valence-electron chi connectivity index (χ2n) is 7.26. The van der Waals surface area contributed by atoms with Gasteiger partial charge in [-0.2, -0.15) is 0 Å². The van der Waals surface area contributed by atoms with Gasteiger partial charge in [0.2, 0.25) is 0 Å². The molecule has 1 saturated heterocycles. The van der Waals surface area contributed by atoms with E-state index in [1.165, 1.54) is 16.1 Å². The Labute approximate surface area is 187 Å². The highest BCUT2D eigenvalue weighted by Gasteiger charge is 2.39. The summed E-state index contributed by atoms with van der Waals surface area (Å²) in [5.74, 6) is 0.0978. The van der Waals surface area contributed by atoms with Crippen molar-refractivity contribution in [3.8, 4) is 0 Å². The predicted molar refractivity (Wildman–Crippen MR) is 129 cm³/mol. The van der Waals surface area contributed by atoms with Crippen molar-refractivity contribution in [3.63, 3.8) is 0 Å². The van der Waals surface area contributed by atoms with Crippen molar-refractivity contribution in [2.75, 3.05) is 24.5 Å². The van der Waals surface area contributed by atoms with Crippen LogP contribution < -0.4 is 4.90 Å². The van der Waals surface area contributed by atoms with E-state index in [1.54, 1.807) is 23.5 Å². The number of thioether (sulfide) groups is 2. The first-order chi connectivity index (χ1) is 14.7. The summed E-state index contributed by atoms with van der Waals surface area (Å²) in [6.45, 7) is 6.55. The quantitative estimate of drug-likeness (QED) is 0.516. The van der Waals surface area contributed by atoms with Crippen LogP contribution in [-0.4, -0.2) is 35.6 Å². The normalized spacial score (nSPS) is 19.8. The summed E-state index contributed by atoms with van der Waals surface area (Å²) in [6.07, 6.45) is 2.92. The van der Waals surface area contributed by atoms with Crippen LogP contribution in [0.15, 0.2) is 74.4 Å². The van der Waals surface area contributed by atoms with Gasteiger partial charge < -0.3 is 4.90 Å². The van der Waals surface area contributed by atoms with E-state index in [0.717, 1.165) is 47.5 Å². The Bertz CT molecular complexity index is 971. The molecule has 2 aromatic rings. The minimum Gasteiger partial charge on any atom is -0.334 e. The van der Waals surface area contributed by atoms with Crippen LogP contribution in [0.5, 0.6) is 0 Å². The standard InChI is InChI=1S/C24H27N3OS2/c1-3-5-17-27-22(28)21(23-26(4-2)19-13-9-10-14-20(19)29-23)30-24(27)25-16-15-18-11-7-6-8-12-18/h6-14H,3-5,15-17H2,1-2H3. The van der Waals surface area contributed by atoms with E-state index in [4.69, 9.17) is 4.99 Å². The molecule has 1 amide bonds. The molecule has 0 saturated carbocycles. The van der Waals surface area contributed by atoms with E-state index in [2.05, 4.69) is 67.3 Å². The SMILES string of the molecule is CCCCN1C(=O)C(=C2Sc3ccccc3N2CC)SC1=NCCc1ccccc1. The zero-order valence-corrected chi connectivity index (χ0v) is 19.1. The van der Waals surface area contributed by atoms with Gasteiger partial charge in [-0.05, 0) is 49.2 Å². The lowest BCUT2D eigenvalue weighted by molar-refractivity contribution is -0.122. The van der Waals surface area contributed by atoms with E-state index in [1.807, 2.05) is 11.0 Å². The molecule has 0 radical (unpaired) electrons. The number of unbranched alkanes of at least 4 members (excludes halogenated alkanes) is 1. The highest BCUT2D eigenvalue weighted by Crippen LogP contribution is 2.50. The highest BCUT2D eigenvalue weighted by molar-refractivity contribution is 8.19. The Hall–Kier alpha value is -2.18. The summed E-state index contributed by atoms with van der Waals surface area (Å²) < 4.78 is 0. The van der Waals surface area contributed by atoms with Crippen LogP contribution in [0.2, 0.25) is 0 Å². The van der Waals surface area contributed by atoms with Crippen LogP contribution in [-0.2, 0) is 11.2 Å². The lowest BCUT2D eigenvalue weighted by atomic mass is 10.2. The van der Waals surface area contributed by atoms with E-state index in [0.29, 0.717) is 6.54 Å². The molecule has 0 aliphatic carbocycles. The van der Waals surface area contributed by atoms with E-state index in [9.17, 15) is 4.79 Å². The summed E-state index contributed by atoms with van der Waals surface area (Å²) in [5, 5.41) is 1.89. The van der Waals surface area contributed by atoms with Gasteiger partial charge in [-0.15, -0.1) is 0 Å². The first-order valence-corrected chi connectivity index (χ1v) is 12.2. The van der Waals surface area contributed by atoms with Gasteiger partial charge in [-0.1, -0.05) is 67.6 Å². The third kappa shape index (κ3) is 4.30. The van der Waals surface area contributed by atoms with E-state index in [-0.39, 0.29) is 5.91 Å². The number of carbonyl (C=O) groups excluding carboxylic acids is 1. The molecule has 0 aromatic heterocycles. The molecule has 30 heavy (non-hydrogen) atoms. The number of fused-ring (bicyclic) bond motifs is 1. The smallest absolute Gasteiger partial charge is 0.269 e. The molecule has 2 aromatic carbocycles. The number of benzene rings is 2.